The van der Waals surface area contributed by atoms with Gasteiger partial charge in [-0.1, -0.05) is 23.4 Å². The highest BCUT2D eigenvalue weighted by Gasteiger charge is 2.20. The zero-order valence-electron chi connectivity index (χ0n) is 13.9. The van der Waals surface area contributed by atoms with Crippen LogP contribution in [-0.4, -0.2) is 27.7 Å². The number of hydrogen-bond donors (Lipinski definition) is 1. The van der Waals surface area contributed by atoms with Gasteiger partial charge in [-0.2, -0.15) is 0 Å². The molecule has 27 heavy (non-hydrogen) atoms. The Morgan fingerprint density at radius 2 is 1.96 bits per heavy atom. The van der Waals surface area contributed by atoms with Crippen LogP contribution in [0, 0.1) is 11.6 Å². The number of carboxylic acid groups (broad SMARTS) is 1. The van der Waals surface area contributed by atoms with Gasteiger partial charge < -0.3 is 9.84 Å². The van der Waals surface area contributed by atoms with E-state index >= 15 is 0 Å². The number of halogens is 3. The molecule has 0 aliphatic heterocycles. The number of aromatic nitrogens is 2. The molecule has 0 spiro atoms. The molecule has 0 unspecified atom stereocenters. The number of carbonyl (C=O) groups is 1. The fourth-order valence-electron chi connectivity index (χ4n) is 2.43. The number of methoxy groups -OCH3 is 1. The third-order valence-electron chi connectivity index (χ3n) is 3.75. The van der Waals surface area contributed by atoms with Crippen molar-refractivity contribution in [1.82, 2.24) is 9.55 Å². The smallest absolute Gasteiger partial charge is 0.354 e. The zero-order valence-corrected chi connectivity index (χ0v) is 15.5. The third-order valence-corrected chi connectivity index (χ3v) is 5.08. The normalized spacial score (nSPS) is 10.8. The van der Waals surface area contributed by atoms with Gasteiger partial charge in [0.05, 0.1) is 13.3 Å². The highest BCUT2D eigenvalue weighted by atomic mass is 35.5. The molecule has 0 saturated carbocycles. The van der Waals surface area contributed by atoms with Crippen LogP contribution in [0.4, 0.5) is 8.78 Å². The highest BCUT2D eigenvalue weighted by Crippen LogP contribution is 2.33. The molecule has 3 rings (SSSR count). The fraction of sp³-hybridized carbons (Fsp3) is 0.111. The summed E-state index contributed by atoms with van der Waals surface area (Å²) in [6, 6.07) is 8.25. The summed E-state index contributed by atoms with van der Waals surface area (Å²) in [4.78, 5) is 15.6. The third kappa shape index (κ3) is 3.91. The molecule has 0 fully saturated rings. The largest absolute Gasteiger partial charge is 0.494 e. The SMILES string of the molecule is COc1ccc(Cl)c(CSc2ncc(C(=O)O)n2-c2ccc(F)cc2)c1F. The van der Waals surface area contributed by atoms with Gasteiger partial charge in [-0.25, -0.2) is 18.6 Å². The Morgan fingerprint density at radius 1 is 1.26 bits per heavy atom. The van der Waals surface area contributed by atoms with E-state index in [1.165, 1.54) is 54.3 Å². The van der Waals surface area contributed by atoms with Crippen molar-refractivity contribution in [3.05, 3.63) is 70.5 Å². The van der Waals surface area contributed by atoms with Gasteiger partial charge in [0, 0.05) is 22.0 Å². The van der Waals surface area contributed by atoms with Gasteiger partial charge in [-0.15, -0.1) is 0 Å². The molecule has 0 bridgehead atoms. The molecule has 0 atom stereocenters. The van der Waals surface area contributed by atoms with E-state index in [2.05, 4.69) is 4.98 Å². The molecule has 9 heteroatoms. The van der Waals surface area contributed by atoms with E-state index < -0.39 is 17.6 Å². The number of aromatic carboxylic acids is 1. The Kier molecular flexibility index (Phi) is 5.67. The number of hydrogen-bond acceptors (Lipinski definition) is 4. The van der Waals surface area contributed by atoms with Crippen LogP contribution < -0.4 is 4.74 Å². The Balaban J connectivity index is 1.97. The molecular formula is C18H13ClF2N2O3S. The summed E-state index contributed by atoms with van der Waals surface area (Å²) in [6.45, 7) is 0. The summed E-state index contributed by atoms with van der Waals surface area (Å²) in [5, 5.41) is 9.92. The molecule has 2 aromatic carbocycles. The van der Waals surface area contributed by atoms with Crippen LogP contribution in [0.15, 0.2) is 47.8 Å². The van der Waals surface area contributed by atoms with Crippen LogP contribution in [0.3, 0.4) is 0 Å². The predicted octanol–water partition coefficient (Wildman–Crippen LogP) is 4.80. The lowest BCUT2D eigenvalue weighted by Gasteiger charge is -2.12. The summed E-state index contributed by atoms with van der Waals surface area (Å²) in [5.41, 5.74) is 0.541. The average molecular weight is 411 g/mol. The second-order valence-corrected chi connectivity index (χ2v) is 6.72. The minimum Gasteiger partial charge on any atom is -0.494 e. The van der Waals surface area contributed by atoms with E-state index in [-0.39, 0.29) is 27.8 Å². The van der Waals surface area contributed by atoms with Crippen LogP contribution in [0.1, 0.15) is 16.1 Å². The van der Waals surface area contributed by atoms with Gasteiger partial charge in [0.25, 0.3) is 0 Å². The van der Waals surface area contributed by atoms with E-state index in [0.29, 0.717) is 10.8 Å². The topological polar surface area (TPSA) is 64.3 Å². The van der Waals surface area contributed by atoms with Crippen LogP contribution in [0.5, 0.6) is 5.75 Å². The molecule has 0 aliphatic carbocycles. The molecule has 1 N–H and O–H groups in total. The van der Waals surface area contributed by atoms with Crippen molar-refractivity contribution in [3.63, 3.8) is 0 Å². The first kappa shape index (κ1) is 19.2. The maximum absolute atomic E-state index is 14.5. The monoisotopic (exact) mass is 410 g/mol. The van der Waals surface area contributed by atoms with Gasteiger partial charge in [0.15, 0.2) is 22.4 Å². The molecule has 1 aromatic heterocycles. The molecule has 1 heterocycles. The summed E-state index contributed by atoms with van der Waals surface area (Å²) < 4.78 is 34.0. The van der Waals surface area contributed by atoms with Crippen LogP contribution in [0.25, 0.3) is 5.69 Å². The van der Waals surface area contributed by atoms with E-state index in [1.807, 2.05) is 0 Å². The van der Waals surface area contributed by atoms with Gasteiger partial charge in [0.2, 0.25) is 0 Å². The molecule has 5 nitrogen and oxygen atoms in total. The van der Waals surface area contributed by atoms with Crippen molar-refractivity contribution in [3.8, 4) is 11.4 Å². The highest BCUT2D eigenvalue weighted by molar-refractivity contribution is 7.98. The quantitative estimate of drug-likeness (QED) is 0.591. The lowest BCUT2D eigenvalue weighted by molar-refractivity contribution is 0.0687. The van der Waals surface area contributed by atoms with Crippen LogP contribution in [-0.2, 0) is 5.75 Å². The van der Waals surface area contributed by atoms with Crippen molar-refractivity contribution in [2.75, 3.05) is 7.11 Å². The molecule has 140 valence electrons. The predicted molar refractivity (Wildman–Crippen MR) is 98.0 cm³/mol. The van der Waals surface area contributed by atoms with Crippen molar-refractivity contribution >= 4 is 29.3 Å². The number of carboxylic acids is 1. The van der Waals surface area contributed by atoms with Gasteiger partial charge in [-0.3, -0.25) is 4.57 Å². The molecular weight excluding hydrogens is 398 g/mol. The summed E-state index contributed by atoms with van der Waals surface area (Å²) in [7, 11) is 1.35. The first-order chi connectivity index (χ1) is 12.9. The number of ether oxygens (including phenoxy) is 1. The molecule has 0 radical (unpaired) electrons. The van der Waals surface area contributed by atoms with Gasteiger partial charge in [-0.05, 0) is 36.4 Å². The van der Waals surface area contributed by atoms with Crippen molar-refractivity contribution < 1.29 is 23.4 Å². The second kappa shape index (κ2) is 7.98. The Morgan fingerprint density at radius 3 is 2.59 bits per heavy atom. The van der Waals surface area contributed by atoms with Crippen molar-refractivity contribution in [2.45, 2.75) is 10.9 Å². The first-order valence-corrected chi connectivity index (χ1v) is 8.99. The minimum absolute atomic E-state index is 0.0584. The number of benzene rings is 2. The molecule has 3 aromatic rings. The number of thioether (sulfide) groups is 1. The Bertz CT molecular complexity index is 993. The minimum atomic E-state index is -1.19. The second-order valence-electron chi connectivity index (χ2n) is 5.37. The lowest BCUT2D eigenvalue weighted by Crippen LogP contribution is -2.07. The van der Waals surface area contributed by atoms with Crippen LogP contribution in [0.2, 0.25) is 5.02 Å². The van der Waals surface area contributed by atoms with Crippen molar-refractivity contribution in [1.29, 1.82) is 0 Å². The summed E-state index contributed by atoms with van der Waals surface area (Å²) in [5.74, 6) is -2.07. The van der Waals surface area contributed by atoms with Gasteiger partial charge in [0.1, 0.15) is 5.82 Å². The number of nitrogens with zero attached hydrogens (tertiary/aromatic N) is 2. The van der Waals surface area contributed by atoms with Crippen molar-refractivity contribution in [2.24, 2.45) is 0 Å². The standard InChI is InChI=1S/C18H13ClF2N2O3S/c1-26-15-7-6-13(19)12(16(15)21)9-27-18-22-8-14(17(24)25)23(18)11-4-2-10(20)3-5-11/h2-8H,9H2,1H3,(H,24,25). The molecule has 0 saturated heterocycles. The number of imidazole rings is 1. The fourth-order valence-corrected chi connectivity index (χ4v) is 3.74. The van der Waals surface area contributed by atoms with Gasteiger partial charge >= 0.3 is 5.97 Å². The first-order valence-electron chi connectivity index (χ1n) is 7.63. The Hall–Kier alpha value is -2.58. The van der Waals surface area contributed by atoms with E-state index in [0.717, 1.165) is 11.8 Å². The summed E-state index contributed by atoms with van der Waals surface area (Å²) >= 11 is 7.18. The lowest BCUT2D eigenvalue weighted by atomic mass is 10.2. The zero-order chi connectivity index (χ0) is 19.6. The van der Waals surface area contributed by atoms with E-state index in [4.69, 9.17) is 16.3 Å². The van der Waals surface area contributed by atoms with Crippen LogP contribution >= 0.6 is 23.4 Å². The maximum Gasteiger partial charge on any atom is 0.354 e. The molecule has 0 amide bonds. The maximum atomic E-state index is 14.5. The summed E-state index contributed by atoms with van der Waals surface area (Å²) in [6.07, 6.45) is 1.19. The average Bonchev–Trinajstić information content (AvgIpc) is 3.06. The molecule has 0 aliphatic rings. The number of rotatable bonds is 6. The Labute approximate surface area is 162 Å². The van der Waals surface area contributed by atoms with E-state index in [1.54, 1.807) is 0 Å². The van der Waals surface area contributed by atoms with E-state index in [9.17, 15) is 18.7 Å².